The van der Waals surface area contributed by atoms with Crippen LogP contribution in [0.3, 0.4) is 0 Å². The zero-order valence-corrected chi connectivity index (χ0v) is 13.8. The Morgan fingerprint density at radius 2 is 2.16 bits per heavy atom. The number of terminal acetylenes is 1. The van der Waals surface area contributed by atoms with Crippen molar-refractivity contribution in [1.82, 2.24) is 14.5 Å². The standard InChI is InChI=1S/C20H16N4O/c1-3-14-7-8-18-15(10-14)20(16-6-4-5-9-21-16)22-11-19-17(12-25-2)23-13-24(18)19/h1,4-10,13H,11-12H2,2H3. The Bertz CT molecular complexity index is 996. The third kappa shape index (κ3) is 2.63. The summed E-state index contributed by atoms with van der Waals surface area (Å²) >= 11 is 0. The van der Waals surface area contributed by atoms with Gasteiger partial charge >= 0.3 is 0 Å². The van der Waals surface area contributed by atoms with Crippen LogP contribution in [0.25, 0.3) is 5.69 Å². The largest absolute Gasteiger partial charge is 0.378 e. The van der Waals surface area contributed by atoms with Gasteiger partial charge in [-0.2, -0.15) is 0 Å². The van der Waals surface area contributed by atoms with E-state index in [-0.39, 0.29) is 0 Å². The van der Waals surface area contributed by atoms with Crippen molar-refractivity contribution in [3.8, 4) is 18.0 Å². The van der Waals surface area contributed by atoms with Crippen LogP contribution in [0, 0.1) is 12.3 Å². The summed E-state index contributed by atoms with van der Waals surface area (Å²) in [7, 11) is 1.66. The van der Waals surface area contributed by atoms with Gasteiger partial charge in [0, 0.05) is 24.4 Å². The van der Waals surface area contributed by atoms with E-state index < -0.39 is 0 Å². The number of hydrogen-bond acceptors (Lipinski definition) is 4. The van der Waals surface area contributed by atoms with E-state index in [4.69, 9.17) is 16.2 Å². The van der Waals surface area contributed by atoms with Crippen molar-refractivity contribution in [3.63, 3.8) is 0 Å². The van der Waals surface area contributed by atoms with E-state index in [0.29, 0.717) is 13.2 Å². The van der Waals surface area contributed by atoms with Crippen LogP contribution in [0.1, 0.15) is 28.2 Å². The lowest BCUT2D eigenvalue weighted by Crippen LogP contribution is -2.09. The van der Waals surface area contributed by atoms with Crippen LogP contribution in [0.4, 0.5) is 0 Å². The fraction of sp³-hybridized carbons (Fsp3) is 0.150. The van der Waals surface area contributed by atoms with Gasteiger partial charge in [0.15, 0.2) is 0 Å². The Kier molecular flexibility index (Phi) is 3.88. The molecule has 0 saturated carbocycles. The number of hydrogen-bond donors (Lipinski definition) is 0. The molecule has 4 rings (SSSR count). The number of imidazole rings is 1. The first kappa shape index (κ1) is 15.3. The number of nitrogens with zero attached hydrogens (tertiary/aromatic N) is 4. The first-order valence-corrected chi connectivity index (χ1v) is 7.93. The molecule has 0 atom stereocenters. The summed E-state index contributed by atoms with van der Waals surface area (Å²) in [5.41, 5.74) is 6.32. The Morgan fingerprint density at radius 3 is 2.92 bits per heavy atom. The summed E-state index contributed by atoms with van der Waals surface area (Å²) in [6, 6.07) is 11.7. The number of ether oxygens (including phenoxy) is 1. The number of fused-ring (bicyclic) bond motifs is 3. The predicted molar refractivity (Wildman–Crippen MR) is 95.8 cm³/mol. The molecule has 2 aromatic heterocycles. The minimum absolute atomic E-state index is 0.453. The molecular weight excluding hydrogens is 312 g/mol. The maximum atomic E-state index is 5.60. The van der Waals surface area contributed by atoms with Crippen LogP contribution < -0.4 is 0 Å². The van der Waals surface area contributed by atoms with Crippen molar-refractivity contribution < 1.29 is 4.74 Å². The van der Waals surface area contributed by atoms with E-state index >= 15 is 0 Å². The van der Waals surface area contributed by atoms with Gasteiger partial charge < -0.3 is 9.30 Å². The van der Waals surface area contributed by atoms with Gasteiger partial charge in [-0.15, -0.1) is 6.42 Å². The van der Waals surface area contributed by atoms with Gasteiger partial charge in [-0.05, 0) is 30.3 Å². The lowest BCUT2D eigenvalue weighted by molar-refractivity contribution is 0.181. The molecular formula is C20H16N4O. The third-order valence-corrected chi connectivity index (χ3v) is 4.21. The molecule has 0 aliphatic carbocycles. The normalized spacial score (nSPS) is 12.6. The smallest absolute Gasteiger partial charge is 0.0999 e. The molecule has 5 nitrogen and oxygen atoms in total. The highest BCUT2D eigenvalue weighted by atomic mass is 16.5. The number of rotatable bonds is 3. The second-order valence-corrected chi connectivity index (χ2v) is 5.70. The van der Waals surface area contributed by atoms with Crippen LogP contribution in [0.15, 0.2) is 53.9 Å². The van der Waals surface area contributed by atoms with Crippen molar-refractivity contribution in [2.24, 2.45) is 4.99 Å². The van der Waals surface area contributed by atoms with Crippen molar-refractivity contribution in [2.45, 2.75) is 13.2 Å². The molecule has 3 heterocycles. The van der Waals surface area contributed by atoms with E-state index in [1.165, 1.54) is 0 Å². The second kappa shape index (κ2) is 6.34. The number of methoxy groups -OCH3 is 1. The molecule has 0 unspecified atom stereocenters. The van der Waals surface area contributed by atoms with Crippen LogP contribution in [0.2, 0.25) is 0 Å². The highest BCUT2D eigenvalue weighted by Crippen LogP contribution is 2.27. The number of aliphatic imine (C=N–C) groups is 1. The molecule has 0 amide bonds. The van der Waals surface area contributed by atoms with Gasteiger partial charge in [0.25, 0.3) is 0 Å². The molecule has 1 aliphatic heterocycles. The van der Waals surface area contributed by atoms with Gasteiger partial charge in [-0.25, -0.2) is 4.98 Å². The first-order valence-electron chi connectivity index (χ1n) is 7.93. The van der Waals surface area contributed by atoms with Crippen molar-refractivity contribution in [2.75, 3.05) is 7.11 Å². The minimum Gasteiger partial charge on any atom is -0.378 e. The van der Waals surface area contributed by atoms with Gasteiger partial charge in [-0.3, -0.25) is 9.98 Å². The molecule has 3 aromatic rings. The Morgan fingerprint density at radius 1 is 1.24 bits per heavy atom. The number of benzene rings is 1. The lowest BCUT2D eigenvalue weighted by atomic mass is 10.0. The summed E-state index contributed by atoms with van der Waals surface area (Å²) in [5.74, 6) is 2.70. The Hall–Kier alpha value is -3.23. The van der Waals surface area contributed by atoms with E-state index in [1.54, 1.807) is 13.3 Å². The van der Waals surface area contributed by atoms with Gasteiger partial charge in [0.05, 0.1) is 48.0 Å². The van der Waals surface area contributed by atoms with Gasteiger partial charge in [0.1, 0.15) is 0 Å². The van der Waals surface area contributed by atoms with Crippen molar-refractivity contribution in [1.29, 1.82) is 0 Å². The zero-order valence-electron chi connectivity index (χ0n) is 13.8. The third-order valence-electron chi connectivity index (χ3n) is 4.21. The van der Waals surface area contributed by atoms with Gasteiger partial charge in [-0.1, -0.05) is 12.0 Å². The Labute approximate surface area is 146 Å². The summed E-state index contributed by atoms with van der Waals surface area (Å²) in [6.07, 6.45) is 9.19. The van der Waals surface area contributed by atoms with Crippen LogP contribution in [0.5, 0.6) is 0 Å². The number of pyridine rings is 1. The summed E-state index contributed by atoms with van der Waals surface area (Å²) < 4.78 is 7.32. The molecule has 0 bridgehead atoms. The van der Waals surface area contributed by atoms with Crippen molar-refractivity contribution >= 4 is 5.71 Å². The summed E-state index contributed by atoms with van der Waals surface area (Å²) in [6.45, 7) is 0.958. The van der Waals surface area contributed by atoms with Crippen LogP contribution in [-0.2, 0) is 17.9 Å². The SMILES string of the molecule is C#Cc1ccc2c(c1)C(c1ccccn1)=NCc1c(COC)ncn1-2. The fourth-order valence-corrected chi connectivity index (χ4v) is 3.03. The van der Waals surface area contributed by atoms with E-state index in [2.05, 4.69) is 20.5 Å². The molecule has 0 N–H and O–H groups in total. The molecule has 0 radical (unpaired) electrons. The molecule has 0 saturated heterocycles. The van der Waals surface area contributed by atoms with E-state index in [0.717, 1.165) is 39.6 Å². The molecule has 1 aromatic carbocycles. The summed E-state index contributed by atoms with van der Waals surface area (Å²) in [4.78, 5) is 13.8. The van der Waals surface area contributed by atoms with Crippen LogP contribution >= 0.6 is 0 Å². The predicted octanol–water partition coefficient (Wildman–Crippen LogP) is 2.75. The fourth-order valence-electron chi connectivity index (χ4n) is 3.03. The molecule has 5 heteroatoms. The number of aromatic nitrogens is 3. The molecule has 122 valence electrons. The topological polar surface area (TPSA) is 52.3 Å². The zero-order chi connectivity index (χ0) is 17.2. The Balaban J connectivity index is 1.96. The van der Waals surface area contributed by atoms with Gasteiger partial charge in [0.2, 0.25) is 0 Å². The average molecular weight is 328 g/mol. The highest BCUT2D eigenvalue weighted by Gasteiger charge is 2.22. The van der Waals surface area contributed by atoms with E-state index in [1.807, 2.05) is 42.7 Å². The first-order chi connectivity index (χ1) is 12.3. The summed E-state index contributed by atoms with van der Waals surface area (Å²) in [5, 5.41) is 0. The van der Waals surface area contributed by atoms with Crippen LogP contribution in [-0.4, -0.2) is 27.4 Å². The monoisotopic (exact) mass is 328 g/mol. The average Bonchev–Trinajstić information content (AvgIpc) is 2.97. The molecule has 25 heavy (non-hydrogen) atoms. The minimum atomic E-state index is 0.453. The second-order valence-electron chi connectivity index (χ2n) is 5.70. The quantitative estimate of drug-likeness (QED) is 0.695. The van der Waals surface area contributed by atoms with E-state index in [9.17, 15) is 0 Å². The maximum absolute atomic E-state index is 5.60. The highest BCUT2D eigenvalue weighted by molar-refractivity contribution is 6.14. The molecule has 1 aliphatic rings. The lowest BCUT2D eigenvalue weighted by Gasteiger charge is -2.12. The van der Waals surface area contributed by atoms with Crippen molar-refractivity contribution in [3.05, 3.63) is 77.1 Å². The maximum Gasteiger partial charge on any atom is 0.0999 e. The molecule has 0 fully saturated rings. The molecule has 0 spiro atoms.